The molecule has 1 aromatic rings. The fourth-order valence-corrected chi connectivity index (χ4v) is 2.67. The van der Waals surface area contributed by atoms with Crippen LogP contribution in [-0.4, -0.2) is 33.0 Å². The number of hydrogen-bond donors (Lipinski definition) is 1. The van der Waals surface area contributed by atoms with Gasteiger partial charge >= 0.3 is 0 Å². The number of nitrogens with one attached hydrogen (secondary N) is 1. The minimum atomic E-state index is 0.205. The van der Waals surface area contributed by atoms with E-state index in [2.05, 4.69) is 19.2 Å². The molecule has 0 spiro atoms. The molecule has 1 fully saturated rings. The monoisotopic (exact) mass is 293 g/mol. The van der Waals surface area contributed by atoms with Gasteiger partial charge in [0.1, 0.15) is 17.6 Å². The lowest BCUT2D eigenvalue weighted by Crippen LogP contribution is -2.27. The zero-order valence-electron chi connectivity index (χ0n) is 13.4. The van der Waals surface area contributed by atoms with E-state index < -0.39 is 0 Å². The Kier molecular flexibility index (Phi) is 6.33. The molecule has 1 atom stereocenters. The van der Waals surface area contributed by atoms with Crippen molar-refractivity contribution in [2.45, 2.75) is 45.3 Å². The molecule has 0 aliphatic carbocycles. The van der Waals surface area contributed by atoms with Crippen LogP contribution in [0.1, 0.15) is 44.7 Å². The smallest absolute Gasteiger partial charge is 0.128 e. The van der Waals surface area contributed by atoms with E-state index in [1.165, 1.54) is 0 Å². The fourth-order valence-electron chi connectivity index (χ4n) is 2.67. The first-order chi connectivity index (χ1) is 10.3. The van der Waals surface area contributed by atoms with Gasteiger partial charge in [-0.2, -0.15) is 0 Å². The van der Waals surface area contributed by atoms with Crippen molar-refractivity contribution in [3.05, 3.63) is 23.8 Å². The van der Waals surface area contributed by atoms with Crippen LogP contribution >= 0.6 is 0 Å². The Morgan fingerprint density at radius 1 is 1.29 bits per heavy atom. The van der Waals surface area contributed by atoms with Gasteiger partial charge in [0.05, 0.1) is 25.9 Å². The van der Waals surface area contributed by atoms with Crippen LogP contribution in [-0.2, 0) is 4.74 Å². The van der Waals surface area contributed by atoms with Gasteiger partial charge in [0.15, 0.2) is 0 Å². The second-order valence-electron chi connectivity index (χ2n) is 5.48. The molecule has 118 valence electrons. The molecule has 0 aromatic heterocycles. The summed E-state index contributed by atoms with van der Waals surface area (Å²) in [5.74, 6) is 1.81. The topological polar surface area (TPSA) is 39.7 Å². The maximum atomic E-state index is 6.23. The van der Waals surface area contributed by atoms with Crippen LogP contribution in [0.4, 0.5) is 0 Å². The summed E-state index contributed by atoms with van der Waals surface area (Å²) < 4.78 is 17.2. The molecule has 4 heteroatoms. The highest BCUT2D eigenvalue weighted by Gasteiger charge is 2.21. The molecule has 1 saturated heterocycles. The highest BCUT2D eigenvalue weighted by atomic mass is 16.5. The van der Waals surface area contributed by atoms with Crippen molar-refractivity contribution in [2.24, 2.45) is 0 Å². The van der Waals surface area contributed by atoms with Crippen LogP contribution in [0.2, 0.25) is 0 Å². The second kappa shape index (κ2) is 8.25. The Balaban J connectivity index is 2.17. The minimum absolute atomic E-state index is 0.205. The molecular weight excluding hydrogens is 266 g/mol. The highest BCUT2D eigenvalue weighted by molar-refractivity contribution is 5.47. The Labute approximate surface area is 127 Å². The van der Waals surface area contributed by atoms with Gasteiger partial charge in [0.25, 0.3) is 0 Å². The van der Waals surface area contributed by atoms with Crippen LogP contribution < -0.4 is 14.8 Å². The summed E-state index contributed by atoms with van der Waals surface area (Å²) in [5, 5.41) is 3.52. The van der Waals surface area contributed by atoms with E-state index in [0.717, 1.165) is 56.1 Å². The lowest BCUT2D eigenvalue weighted by molar-refractivity contribution is 0.0249. The molecule has 0 amide bonds. The van der Waals surface area contributed by atoms with Gasteiger partial charge in [-0.05, 0) is 32.0 Å². The van der Waals surface area contributed by atoms with E-state index in [1.54, 1.807) is 7.11 Å². The zero-order valence-corrected chi connectivity index (χ0v) is 13.4. The van der Waals surface area contributed by atoms with Gasteiger partial charge in [-0.3, -0.25) is 0 Å². The van der Waals surface area contributed by atoms with E-state index in [-0.39, 0.29) is 12.1 Å². The first-order valence-electron chi connectivity index (χ1n) is 7.91. The van der Waals surface area contributed by atoms with Crippen LogP contribution in [0.5, 0.6) is 11.5 Å². The van der Waals surface area contributed by atoms with Gasteiger partial charge in [-0.25, -0.2) is 0 Å². The summed E-state index contributed by atoms with van der Waals surface area (Å²) in [6.07, 6.45) is 3.25. The van der Waals surface area contributed by atoms with Crippen LogP contribution in [0.25, 0.3) is 0 Å². The Morgan fingerprint density at radius 2 is 2.00 bits per heavy atom. The van der Waals surface area contributed by atoms with Gasteiger partial charge in [-0.1, -0.05) is 13.0 Å². The molecule has 4 nitrogen and oxygen atoms in total. The molecule has 1 aliphatic heterocycles. The molecule has 0 bridgehead atoms. The number of benzene rings is 1. The summed E-state index contributed by atoms with van der Waals surface area (Å²) in [5.41, 5.74) is 1.11. The third-order valence-electron chi connectivity index (χ3n) is 3.84. The van der Waals surface area contributed by atoms with Crippen LogP contribution in [0.3, 0.4) is 0 Å². The maximum absolute atomic E-state index is 6.23. The van der Waals surface area contributed by atoms with Gasteiger partial charge in [0.2, 0.25) is 0 Å². The molecule has 21 heavy (non-hydrogen) atoms. The average Bonchev–Trinajstić information content (AvgIpc) is 2.53. The van der Waals surface area contributed by atoms with Gasteiger partial charge < -0.3 is 19.5 Å². The summed E-state index contributed by atoms with van der Waals surface area (Å²) in [7, 11) is 1.71. The van der Waals surface area contributed by atoms with Crippen molar-refractivity contribution in [2.75, 3.05) is 26.9 Å². The summed E-state index contributed by atoms with van der Waals surface area (Å²) in [4.78, 5) is 0. The van der Waals surface area contributed by atoms with Crippen molar-refractivity contribution < 1.29 is 14.2 Å². The number of hydrogen-bond acceptors (Lipinski definition) is 4. The van der Waals surface area contributed by atoms with E-state index >= 15 is 0 Å². The molecule has 1 heterocycles. The molecule has 0 saturated carbocycles. The summed E-state index contributed by atoms with van der Waals surface area (Å²) in [6.45, 7) is 6.88. The second-order valence-corrected chi connectivity index (χ2v) is 5.48. The van der Waals surface area contributed by atoms with Gasteiger partial charge in [0, 0.05) is 18.9 Å². The third kappa shape index (κ3) is 4.35. The number of methoxy groups -OCH3 is 1. The fraction of sp³-hybridized carbons (Fsp3) is 0.647. The largest absolute Gasteiger partial charge is 0.496 e. The van der Waals surface area contributed by atoms with Crippen molar-refractivity contribution in [1.82, 2.24) is 5.32 Å². The maximum Gasteiger partial charge on any atom is 0.128 e. The SMILES string of the molecule is CCCNC(C)c1c(OC)cccc1OC1CCOCC1. The van der Waals surface area contributed by atoms with Crippen LogP contribution in [0, 0.1) is 0 Å². The number of ether oxygens (including phenoxy) is 3. The van der Waals surface area contributed by atoms with Crippen molar-refractivity contribution >= 4 is 0 Å². The Bertz CT molecular complexity index is 430. The van der Waals surface area contributed by atoms with Crippen molar-refractivity contribution in [1.29, 1.82) is 0 Å². The van der Waals surface area contributed by atoms with E-state index in [4.69, 9.17) is 14.2 Å². The molecular formula is C17H27NO3. The lowest BCUT2D eigenvalue weighted by atomic mass is 10.0. The minimum Gasteiger partial charge on any atom is -0.496 e. The summed E-state index contributed by atoms with van der Waals surface area (Å²) in [6, 6.07) is 6.23. The molecule has 1 aromatic carbocycles. The van der Waals surface area contributed by atoms with E-state index in [0.29, 0.717) is 0 Å². The predicted molar refractivity (Wildman–Crippen MR) is 84.2 cm³/mol. The van der Waals surface area contributed by atoms with Gasteiger partial charge in [-0.15, -0.1) is 0 Å². The van der Waals surface area contributed by atoms with Crippen LogP contribution in [0.15, 0.2) is 18.2 Å². The normalized spacial score (nSPS) is 17.5. The predicted octanol–water partition coefficient (Wildman–Crippen LogP) is 3.31. The first-order valence-corrected chi connectivity index (χ1v) is 7.91. The van der Waals surface area contributed by atoms with Crippen molar-refractivity contribution in [3.8, 4) is 11.5 Å². The summed E-state index contributed by atoms with van der Waals surface area (Å²) >= 11 is 0. The Morgan fingerprint density at radius 3 is 2.67 bits per heavy atom. The molecule has 2 rings (SSSR count). The van der Waals surface area contributed by atoms with Crippen molar-refractivity contribution in [3.63, 3.8) is 0 Å². The molecule has 1 aliphatic rings. The molecule has 1 unspecified atom stereocenters. The number of rotatable bonds is 7. The highest BCUT2D eigenvalue weighted by Crippen LogP contribution is 2.35. The molecule has 0 radical (unpaired) electrons. The van der Waals surface area contributed by atoms with E-state index in [9.17, 15) is 0 Å². The Hall–Kier alpha value is -1.26. The third-order valence-corrected chi connectivity index (χ3v) is 3.84. The lowest BCUT2D eigenvalue weighted by Gasteiger charge is -2.27. The zero-order chi connectivity index (χ0) is 15.1. The molecule has 1 N–H and O–H groups in total. The standard InChI is InChI=1S/C17H27NO3/c1-4-10-18-13(2)17-15(19-3)6-5-7-16(17)21-14-8-11-20-12-9-14/h5-7,13-14,18H,4,8-12H2,1-3H3. The first kappa shape index (κ1) is 16.1. The van der Waals surface area contributed by atoms with E-state index in [1.807, 2.05) is 18.2 Å². The quantitative estimate of drug-likeness (QED) is 0.837. The average molecular weight is 293 g/mol.